The molecular formula is C11H14N2O3S. The van der Waals surface area contributed by atoms with Crippen LogP contribution in [0.2, 0.25) is 0 Å². The van der Waals surface area contributed by atoms with Gasteiger partial charge in [0, 0.05) is 19.0 Å². The van der Waals surface area contributed by atoms with Crippen LogP contribution in [-0.2, 0) is 14.6 Å². The molecule has 0 spiro atoms. The van der Waals surface area contributed by atoms with E-state index in [0.29, 0.717) is 11.4 Å². The number of sulfone groups is 1. The fourth-order valence-electron chi connectivity index (χ4n) is 1.99. The number of fused-ring (bicyclic) bond motifs is 1. The second-order valence-electron chi connectivity index (χ2n) is 4.04. The van der Waals surface area contributed by atoms with Gasteiger partial charge >= 0.3 is 0 Å². The molecule has 1 heterocycles. The summed E-state index contributed by atoms with van der Waals surface area (Å²) in [7, 11) is -3.18. The Morgan fingerprint density at radius 1 is 1.41 bits per heavy atom. The van der Waals surface area contributed by atoms with Gasteiger partial charge in [0.25, 0.3) is 0 Å². The molecule has 1 unspecified atom stereocenters. The fraction of sp³-hybridized carbons (Fsp3) is 0.364. The summed E-state index contributed by atoms with van der Waals surface area (Å²) in [6, 6.07) is 6.68. The quantitative estimate of drug-likeness (QED) is 0.790. The van der Waals surface area contributed by atoms with E-state index < -0.39 is 15.7 Å². The Balaban J connectivity index is 2.15. The van der Waals surface area contributed by atoms with Gasteiger partial charge in [0.1, 0.15) is 0 Å². The number of rotatable bonds is 4. The number of carbonyl (C=O) groups excluding carboxylic acids is 1. The standard InChI is InChI=1S/C11H14N2O3S/c12-11(14)5-6-13-9-7-17(15,16)10-4-2-1-3-8(9)10/h1-4,9,13H,5-7H2,(H2,12,14). The second-order valence-corrected chi connectivity index (χ2v) is 6.04. The van der Waals surface area contributed by atoms with E-state index in [9.17, 15) is 13.2 Å². The molecule has 0 bridgehead atoms. The van der Waals surface area contributed by atoms with E-state index in [-0.39, 0.29) is 18.2 Å². The van der Waals surface area contributed by atoms with Crippen LogP contribution in [0.4, 0.5) is 0 Å². The molecule has 0 saturated heterocycles. The first-order valence-corrected chi connectivity index (χ1v) is 6.99. The topological polar surface area (TPSA) is 89.3 Å². The molecule has 3 N–H and O–H groups in total. The summed E-state index contributed by atoms with van der Waals surface area (Å²) >= 11 is 0. The van der Waals surface area contributed by atoms with Crippen molar-refractivity contribution in [2.24, 2.45) is 5.73 Å². The highest BCUT2D eigenvalue weighted by molar-refractivity contribution is 7.91. The minimum Gasteiger partial charge on any atom is -0.370 e. The smallest absolute Gasteiger partial charge is 0.218 e. The third-order valence-corrected chi connectivity index (χ3v) is 4.59. The third kappa shape index (κ3) is 2.48. The Hall–Kier alpha value is -1.40. The lowest BCUT2D eigenvalue weighted by molar-refractivity contribution is -0.117. The number of hydrogen-bond donors (Lipinski definition) is 2. The van der Waals surface area contributed by atoms with Crippen molar-refractivity contribution in [3.05, 3.63) is 29.8 Å². The molecule has 0 aliphatic carbocycles. The molecule has 92 valence electrons. The van der Waals surface area contributed by atoms with Crippen molar-refractivity contribution in [1.29, 1.82) is 0 Å². The molecule has 0 saturated carbocycles. The predicted octanol–water partition coefficient (Wildman–Crippen LogP) is -0.0200. The number of hydrogen-bond acceptors (Lipinski definition) is 4. The molecule has 2 rings (SSSR count). The second kappa shape index (κ2) is 4.46. The van der Waals surface area contributed by atoms with E-state index >= 15 is 0 Å². The van der Waals surface area contributed by atoms with Crippen molar-refractivity contribution >= 4 is 15.7 Å². The zero-order valence-corrected chi connectivity index (χ0v) is 10.0. The van der Waals surface area contributed by atoms with Crippen molar-refractivity contribution in [3.8, 4) is 0 Å². The van der Waals surface area contributed by atoms with Gasteiger partial charge in [-0.3, -0.25) is 4.79 Å². The minimum absolute atomic E-state index is 0.0467. The van der Waals surface area contributed by atoms with Crippen molar-refractivity contribution in [2.75, 3.05) is 12.3 Å². The molecule has 0 radical (unpaired) electrons. The Bertz CT molecular complexity index is 539. The van der Waals surface area contributed by atoms with Crippen LogP contribution in [-0.4, -0.2) is 26.6 Å². The fourth-order valence-corrected chi connectivity index (χ4v) is 3.76. The van der Waals surface area contributed by atoms with Gasteiger partial charge in [-0.2, -0.15) is 0 Å². The molecule has 6 heteroatoms. The summed E-state index contributed by atoms with van der Waals surface area (Å²) in [5.74, 6) is -0.350. The summed E-state index contributed by atoms with van der Waals surface area (Å²) < 4.78 is 23.7. The molecule has 5 nitrogen and oxygen atoms in total. The molecule has 0 aromatic heterocycles. The number of primary amides is 1. The molecule has 1 aromatic carbocycles. The molecule has 1 amide bonds. The summed E-state index contributed by atoms with van der Waals surface area (Å²) in [5.41, 5.74) is 5.80. The Labute approximate surface area is 99.9 Å². The highest BCUT2D eigenvalue weighted by Gasteiger charge is 2.33. The first kappa shape index (κ1) is 12.1. The van der Waals surface area contributed by atoms with E-state index in [1.807, 2.05) is 6.07 Å². The van der Waals surface area contributed by atoms with E-state index in [0.717, 1.165) is 5.56 Å². The van der Waals surface area contributed by atoms with Crippen molar-refractivity contribution in [2.45, 2.75) is 17.4 Å². The lowest BCUT2D eigenvalue weighted by Crippen LogP contribution is -2.27. The maximum absolute atomic E-state index is 11.8. The Morgan fingerprint density at radius 2 is 2.12 bits per heavy atom. The average Bonchev–Trinajstić information content (AvgIpc) is 2.51. The van der Waals surface area contributed by atoms with Crippen LogP contribution in [0.1, 0.15) is 18.0 Å². The van der Waals surface area contributed by atoms with E-state index in [1.54, 1.807) is 18.2 Å². The first-order chi connectivity index (χ1) is 8.00. The largest absolute Gasteiger partial charge is 0.370 e. The summed E-state index contributed by atoms with van der Waals surface area (Å²) in [4.78, 5) is 11.0. The highest BCUT2D eigenvalue weighted by Crippen LogP contribution is 2.32. The monoisotopic (exact) mass is 254 g/mol. The van der Waals surface area contributed by atoms with Gasteiger partial charge in [-0.05, 0) is 11.6 Å². The number of amides is 1. The zero-order valence-electron chi connectivity index (χ0n) is 9.22. The normalized spacial score (nSPS) is 21.1. The summed E-state index contributed by atoms with van der Waals surface area (Å²) in [6.07, 6.45) is 0.207. The number of benzene rings is 1. The summed E-state index contributed by atoms with van der Waals surface area (Å²) in [6.45, 7) is 0.393. The van der Waals surface area contributed by atoms with Crippen LogP contribution < -0.4 is 11.1 Å². The van der Waals surface area contributed by atoms with Gasteiger partial charge in [-0.15, -0.1) is 0 Å². The molecule has 0 fully saturated rings. The highest BCUT2D eigenvalue weighted by atomic mass is 32.2. The lowest BCUT2D eigenvalue weighted by Gasteiger charge is -2.11. The van der Waals surface area contributed by atoms with Crippen LogP contribution in [0.3, 0.4) is 0 Å². The average molecular weight is 254 g/mol. The van der Waals surface area contributed by atoms with Gasteiger partial charge in [-0.1, -0.05) is 18.2 Å². The maximum atomic E-state index is 11.8. The van der Waals surface area contributed by atoms with Crippen LogP contribution in [0.15, 0.2) is 29.2 Å². The van der Waals surface area contributed by atoms with Crippen molar-refractivity contribution in [1.82, 2.24) is 5.32 Å². The van der Waals surface area contributed by atoms with Gasteiger partial charge in [0.15, 0.2) is 9.84 Å². The van der Waals surface area contributed by atoms with Crippen LogP contribution in [0.25, 0.3) is 0 Å². The van der Waals surface area contributed by atoms with Crippen LogP contribution >= 0.6 is 0 Å². The maximum Gasteiger partial charge on any atom is 0.218 e. The number of carbonyl (C=O) groups is 1. The Kier molecular flexibility index (Phi) is 3.17. The number of nitrogens with two attached hydrogens (primary N) is 1. The van der Waals surface area contributed by atoms with Crippen LogP contribution in [0.5, 0.6) is 0 Å². The van der Waals surface area contributed by atoms with E-state index in [2.05, 4.69) is 5.32 Å². The van der Waals surface area contributed by atoms with E-state index in [1.165, 1.54) is 0 Å². The first-order valence-electron chi connectivity index (χ1n) is 5.34. The minimum atomic E-state index is -3.18. The summed E-state index contributed by atoms with van der Waals surface area (Å²) in [5, 5.41) is 3.04. The lowest BCUT2D eigenvalue weighted by atomic mass is 10.1. The molecular weight excluding hydrogens is 240 g/mol. The van der Waals surface area contributed by atoms with Gasteiger partial charge < -0.3 is 11.1 Å². The van der Waals surface area contributed by atoms with Crippen molar-refractivity contribution in [3.63, 3.8) is 0 Å². The van der Waals surface area contributed by atoms with E-state index in [4.69, 9.17) is 5.73 Å². The third-order valence-electron chi connectivity index (χ3n) is 2.78. The zero-order chi connectivity index (χ0) is 12.5. The van der Waals surface area contributed by atoms with Gasteiger partial charge in [0.05, 0.1) is 10.6 Å². The van der Waals surface area contributed by atoms with Crippen LogP contribution in [0, 0.1) is 0 Å². The van der Waals surface area contributed by atoms with Gasteiger partial charge in [-0.25, -0.2) is 8.42 Å². The van der Waals surface area contributed by atoms with Crippen molar-refractivity contribution < 1.29 is 13.2 Å². The molecule has 1 atom stereocenters. The molecule has 1 aromatic rings. The molecule has 17 heavy (non-hydrogen) atoms. The Morgan fingerprint density at radius 3 is 2.82 bits per heavy atom. The number of nitrogens with one attached hydrogen (secondary N) is 1. The predicted molar refractivity (Wildman–Crippen MR) is 63.0 cm³/mol. The molecule has 1 aliphatic heterocycles. The molecule has 1 aliphatic rings. The van der Waals surface area contributed by atoms with Gasteiger partial charge in [0.2, 0.25) is 5.91 Å². The SMILES string of the molecule is NC(=O)CCNC1CS(=O)(=O)c2ccccc21.